The monoisotopic (exact) mass is 544 g/mol. The average Bonchev–Trinajstić information content (AvgIpc) is 3.21. The van der Waals surface area contributed by atoms with Crippen molar-refractivity contribution in [2.75, 3.05) is 0 Å². The molecule has 0 fully saturated rings. The van der Waals surface area contributed by atoms with Gasteiger partial charge in [-0.3, -0.25) is 9.19 Å². The molecule has 3 aromatic heterocycles. The van der Waals surface area contributed by atoms with E-state index in [9.17, 15) is 0 Å². The molecule has 0 unspecified atom stereocenters. The maximum Gasteiger partial charge on any atom is 0.402 e. The molecular formula is C19H28BIrN6-. The van der Waals surface area contributed by atoms with Crippen LogP contribution in [-0.4, -0.2) is 32.0 Å². The number of hydrogen-bond donors (Lipinski definition) is 0. The molecule has 147 valence electrons. The molecule has 0 bridgehead atoms. The van der Waals surface area contributed by atoms with E-state index in [1.54, 1.807) is 12.2 Å². The van der Waals surface area contributed by atoms with Crippen molar-refractivity contribution in [2.45, 2.75) is 41.5 Å². The minimum Gasteiger partial charge on any atom is -0.579 e. The number of hydrogen-bond acceptors (Lipinski definition) is 3. The molecule has 0 saturated carbocycles. The Morgan fingerprint density at radius 1 is 0.815 bits per heavy atom. The zero-order chi connectivity index (χ0) is 19.7. The second-order valence-corrected chi connectivity index (χ2v) is 6.09. The van der Waals surface area contributed by atoms with E-state index in [1.165, 1.54) is 11.4 Å². The standard InChI is InChI=1S/C10H15BN4.C5H7N2.C4H6.Ir/c1-7-5-9(3)14(12-7)11-15-10(4)6-8(2)13-15;1-4-3-5(2)7-6-4;1-3-4-2;/h5-6,11H,1-4H3;3H,1-2H3;3-4H,1-2H2;/q;-1;;. The van der Waals surface area contributed by atoms with E-state index < -0.39 is 0 Å². The van der Waals surface area contributed by atoms with Gasteiger partial charge in [-0.05, 0) is 46.8 Å². The molecule has 3 rings (SSSR count). The molecule has 0 amide bonds. The van der Waals surface area contributed by atoms with Crippen molar-refractivity contribution < 1.29 is 20.1 Å². The van der Waals surface area contributed by atoms with E-state index in [4.69, 9.17) is 0 Å². The van der Waals surface area contributed by atoms with Gasteiger partial charge in [-0.25, -0.2) is 0 Å². The molecule has 3 aromatic rings. The normalized spacial score (nSPS) is 9.11. The molecule has 6 nitrogen and oxygen atoms in total. The summed E-state index contributed by atoms with van der Waals surface area (Å²) < 4.78 is 3.93. The van der Waals surface area contributed by atoms with Crippen LogP contribution in [0, 0.1) is 41.5 Å². The summed E-state index contributed by atoms with van der Waals surface area (Å²) in [5.74, 6) is 0. The Labute approximate surface area is 176 Å². The van der Waals surface area contributed by atoms with Crippen molar-refractivity contribution >= 4 is 7.55 Å². The largest absolute Gasteiger partial charge is 0.579 e. The predicted octanol–water partition coefficient (Wildman–Crippen LogP) is 2.99. The molecule has 0 aliphatic rings. The molecule has 8 heteroatoms. The van der Waals surface area contributed by atoms with Gasteiger partial charge in [0.2, 0.25) is 0 Å². The molecule has 0 aromatic carbocycles. The molecule has 27 heavy (non-hydrogen) atoms. The van der Waals surface area contributed by atoms with Crippen molar-refractivity contribution in [3.63, 3.8) is 0 Å². The Morgan fingerprint density at radius 2 is 1.26 bits per heavy atom. The maximum absolute atomic E-state index is 4.41. The first kappa shape index (κ1) is 24.8. The summed E-state index contributed by atoms with van der Waals surface area (Å²) in [4.78, 5) is 0. The molecule has 0 N–H and O–H groups in total. The van der Waals surface area contributed by atoms with E-state index in [0.717, 1.165) is 22.8 Å². The third-order valence-electron chi connectivity index (χ3n) is 3.42. The Bertz CT molecular complexity index is 780. The fourth-order valence-electron chi connectivity index (χ4n) is 2.28. The van der Waals surface area contributed by atoms with Crippen LogP contribution in [0.15, 0.2) is 43.5 Å². The van der Waals surface area contributed by atoms with E-state index in [1.807, 2.05) is 42.9 Å². The van der Waals surface area contributed by atoms with Crippen molar-refractivity contribution in [3.05, 3.63) is 77.7 Å². The van der Waals surface area contributed by atoms with Gasteiger partial charge in [0.15, 0.2) is 0 Å². The predicted molar refractivity (Wildman–Crippen MR) is 109 cm³/mol. The molecule has 0 aliphatic heterocycles. The first-order valence-electron chi connectivity index (χ1n) is 8.46. The van der Waals surface area contributed by atoms with Crippen molar-refractivity contribution in [1.29, 1.82) is 0 Å². The van der Waals surface area contributed by atoms with Gasteiger partial charge < -0.3 is 10.2 Å². The van der Waals surface area contributed by atoms with E-state index in [-0.39, 0.29) is 20.1 Å². The Hall–Kier alpha value is -2.18. The van der Waals surface area contributed by atoms with Gasteiger partial charge in [-0.1, -0.05) is 38.3 Å². The van der Waals surface area contributed by atoms with Crippen molar-refractivity contribution in [3.8, 4) is 0 Å². The molecule has 1 radical (unpaired) electrons. The molecule has 0 saturated heterocycles. The van der Waals surface area contributed by atoms with E-state index in [0.29, 0.717) is 7.55 Å². The second kappa shape index (κ2) is 12.3. The minimum atomic E-state index is 0. The zero-order valence-corrected chi connectivity index (χ0v) is 19.4. The summed E-state index contributed by atoms with van der Waals surface area (Å²) in [5.41, 5.74) is 6.43. The fraction of sp³-hybridized carbons (Fsp3) is 0.316. The van der Waals surface area contributed by atoms with Crippen LogP contribution in [0.25, 0.3) is 0 Å². The number of nitrogens with zero attached hydrogens (tertiary/aromatic N) is 6. The average molecular weight is 544 g/mol. The van der Waals surface area contributed by atoms with Gasteiger partial charge in [-0.15, -0.1) is 5.69 Å². The molecule has 0 aliphatic carbocycles. The topological polar surface area (TPSA) is 62.6 Å². The van der Waals surface area contributed by atoms with Gasteiger partial charge in [0.05, 0.1) is 11.4 Å². The first-order valence-corrected chi connectivity index (χ1v) is 8.46. The second-order valence-electron chi connectivity index (χ2n) is 6.09. The number of aromatic nitrogens is 6. The quantitative estimate of drug-likeness (QED) is 0.377. The number of aryl methyl sites for hydroxylation is 6. The van der Waals surface area contributed by atoms with Crippen LogP contribution in [0.2, 0.25) is 0 Å². The van der Waals surface area contributed by atoms with Crippen LogP contribution in [0.1, 0.15) is 34.2 Å². The van der Waals surface area contributed by atoms with Crippen LogP contribution in [0.5, 0.6) is 0 Å². The van der Waals surface area contributed by atoms with Crippen LogP contribution in [0.4, 0.5) is 0 Å². The molecule has 0 spiro atoms. The zero-order valence-electron chi connectivity index (χ0n) is 17.0. The number of rotatable bonds is 3. The Kier molecular flexibility index (Phi) is 11.3. The first-order chi connectivity index (χ1) is 12.3. The van der Waals surface area contributed by atoms with Gasteiger partial charge >= 0.3 is 7.55 Å². The maximum atomic E-state index is 4.41. The fourth-order valence-corrected chi connectivity index (χ4v) is 2.28. The summed E-state index contributed by atoms with van der Waals surface area (Å²) in [6, 6.07) is 6.09. The summed E-state index contributed by atoms with van der Waals surface area (Å²) in [5, 5.41) is 16.4. The minimum absolute atomic E-state index is 0. The summed E-state index contributed by atoms with van der Waals surface area (Å²) in [6.45, 7) is 18.7. The SMILES string of the molecule is C=CC=C.Cc1cc(C)[n-]n1.Cc1cc(C)n(Bn2nc(C)cc2C)n1.[Ir]. The van der Waals surface area contributed by atoms with E-state index >= 15 is 0 Å². The van der Waals surface area contributed by atoms with Gasteiger partial charge in [-0.2, -0.15) is 10.2 Å². The smallest absolute Gasteiger partial charge is 0.402 e. The van der Waals surface area contributed by atoms with Crippen molar-refractivity contribution in [1.82, 2.24) is 29.6 Å². The van der Waals surface area contributed by atoms with Crippen LogP contribution >= 0.6 is 0 Å². The summed E-state index contributed by atoms with van der Waals surface area (Å²) in [6.07, 6.45) is 3.28. The third-order valence-corrected chi connectivity index (χ3v) is 3.42. The Balaban J connectivity index is 0.000000472. The van der Waals surface area contributed by atoms with Crippen molar-refractivity contribution in [2.24, 2.45) is 0 Å². The van der Waals surface area contributed by atoms with Crippen LogP contribution in [-0.2, 0) is 20.1 Å². The molecule has 3 heterocycles. The Morgan fingerprint density at radius 3 is 1.44 bits per heavy atom. The van der Waals surface area contributed by atoms with Crippen LogP contribution in [0.3, 0.4) is 0 Å². The molecular weight excluding hydrogens is 515 g/mol. The van der Waals surface area contributed by atoms with Crippen LogP contribution < -0.4 is 5.10 Å². The van der Waals surface area contributed by atoms with Gasteiger partial charge in [0.1, 0.15) is 0 Å². The third kappa shape index (κ3) is 8.84. The number of allylic oxidation sites excluding steroid dienone is 2. The van der Waals surface area contributed by atoms with Gasteiger partial charge in [0.25, 0.3) is 0 Å². The van der Waals surface area contributed by atoms with Gasteiger partial charge in [0, 0.05) is 37.2 Å². The van der Waals surface area contributed by atoms with E-state index in [2.05, 4.69) is 59.5 Å². The molecule has 0 atom stereocenters. The summed E-state index contributed by atoms with van der Waals surface area (Å²) >= 11 is 0. The summed E-state index contributed by atoms with van der Waals surface area (Å²) in [7, 11) is 0.694.